The van der Waals surface area contributed by atoms with Crippen LogP contribution in [0.2, 0.25) is 10.0 Å². The van der Waals surface area contributed by atoms with Gasteiger partial charge in [-0.2, -0.15) is 0 Å². The molecule has 0 aliphatic carbocycles. The molecule has 2 aromatic carbocycles. The number of fused-ring (bicyclic) bond motifs is 2. The van der Waals surface area contributed by atoms with Crippen molar-refractivity contribution >= 4 is 34.6 Å². The Labute approximate surface area is 129 Å². The molecule has 104 valence electrons. The third kappa shape index (κ3) is 2.46. The van der Waals surface area contributed by atoms with Crippen molar-refractivity contribution in [3.8, 4) is 0 Å². The monoisotopic (exact) mass is 306 g/mol. The lowest BCUT2D eigenvalue weighted by Crippen LogP contribution is -2.27. The fourth-order valence-electron chi connectivity index (χ4n) is 2.79. The summed E-state index contributed by atoms with van der Waals surface area (Å²) in [6, 6.07) is 12.1. The average molecular weight is 307 g/mol. The van der Waals surface area contributed by atoms with Crippen molar-refractivity contribution < 1.29 is 0 Å². The molecular formula is C16H16Cl2N2. The maximum absolute atomic E-state index is 6.13. The minimum atomic E-state index is 0.780. The summed E-state index contributed by atoms with van der Waals surface area (Å²) in [6.45, 7) is 1.66. The van der Waals surface area contributed by atoms with E-state index < -0.39 is 0 Å². The van der Waals surface area contributed by atoms with Crippen molar-refractivity contribution in [1.82, 2.24) is 0 Å². The Morgan fingerprint density at radius 2 is 1.15 bits per heavy atom. The molecule has 0 unspecified atom stereocenters. The van der Waals surface area contributed by atoms with Gasteiger partial charge in [0.2, 0.25) is 0 Å². The Morgan fingerprint density at radius 3 is 1.55 bits per heavy atom. The van der Waals surface area contributed by atoms with Crippen molar-refractivity contribution in [1.29, 1.82) is 0 Å². The molecule has 3 rings (SSSR count). The summed E-state index contributed by atoms with van der Waals surface area (Å²) in [5.41, 5.74) is 4.91. The molecule has 1 heterocycles. The highest BCUT2D eigenvalue weighted by molar-refractivity contribution is 6.31. The highest BCUT2D eigenvalue weighted by Gasteiger charge is 2.18. The molecule has 2 nitrogen and oxygen atoms in total. The van der Waals surface area contributed by atoms with Crippen LogP contribution in [0.3, 0.4) is 0 Å². The molecule has 1 aliphatic heterocycles. The summed E-state index contributed by atoms with van der Waals surface area (Å²) in [4.78, 5) is 4.49. The lowest BCUT2D eigenvalue weighted by atomic mass is 10.1. The summed E-state index contributed by atoms with van der Waals surface area (Å²) >= 11 is 12.3. The third-order valence-corrected chi connectivity index (χ3v) is 4.19. The van der Waals surface area contributed by atoms with Crippen LogP contribution in [0.4, 0.5) is 11.4 Å². The van der Waals surface area contributed by atoms with Gasteiger partial charge in [-0.25, -0.2) is 0 Å². The Balaban J connectivity index is 2.10. The number of halogens is 2. The van der Waals surface area contributed by atoms with Crippen LogP contribution >= 0.6 is 23.2 Å². The zero-order chi connectivity index (χ0) is 14.3. The number of hydrogen-bond acceptors (Lipinski definition) is 2. The van der Waals surface area contributed by atoms with E-state index in [9.17, 15) is 0 Å². The predicted octanol–water partition coefficient (Wildman–Crippen LogP) is 4.58. The molecule has 0 saturated carbocycles. The van der Waals surface area contributed by atoms with Crippen LogP contribution in [0.5, 0.6) is 0 Å². The first kappa shape index (κ1) is 13.6. The standard InChI is InChI=1S/C16H16Cl2N2/c1-19-9-11-7-14(18)4-6-16(11)20(2)10-12-8-13(17)3-5-15(12)19/h3-8H,9-10H2,1-2H3. The van der Waals surface area contributed by atoms with Gasteiger partial charge in [-0.1, -0.05) is 23.2 Å². The van der Waals surface area contributed by atoms with Gasteiger partial charge in [-0.3, -0.25) is 0 Å². The fourth-order valence-corrected chi connectivity index (χ4v) is 3.18. The second-order valence-corrected chi connectivity index (χ2v) is 6.13. The smallest absolute Gasteiger partial charge is 0.0447 e. The summed E-state index contributed by atoms with van der Waals surface area (Å²) in [6.07, 6.45) is 0. The van der Waals surface area contributed by atoms with Crippen LogP contribution < -0.4 is 9.80 Å². The highest BCUT2D eigenvalue weighted by Crippen LogP contribution is 2.33. The Kier molecular flexibility index (Phi) is 3.53. The largest absolute Gasteiger partial charge is 0.370 e. The Bertz CT molecular complexity index is 597. The first-order chi connectivity index (χ1) is 9.54. The first-order valence-corrected chi connectivity index (χ1v) is 7.29. The van der Waals surface area contributed by atoms with Crippen molar-refractivity contribution in [3.63, 3.8) is 0 Å². The third-order valence-electron chi connectivity index (χ3n) is 3.72. The van der Waals surface area contributed by atoms with Gasteiger partial charge in [0.25, 0.3) is 0 Å². The zero-order valence-corrected chi connectivity index (χ0v) is 13.0. The van der Waals surface area contributed by atoms with E-state index in [1.165, 1.54) is 22.5 Å². The van der Waals surface area contributed by atoms with Crippen molar-refractivity contribution in [2.45, 2.75) is 13.1 Å². The number of rotatable bonds is 0. The lowest BCUT2D eigenvalue weighted by Gasteiger charge is -2.32. The molecule has 0 amide bonds. The molecule has 0 bridgehead atoms. The molecule has 1 aliphatic rings. The topological polar surface area (TPSA) is 6.48 Å². The normalized spacial score (nSPS) is 14.4. The molecule has 0 atom stereocenters. The van der Waals surface area contributed by atoms with Crippen molar-refractivity contribution in [2.24, 2.45) is 0 Å². The first-order valence-electron chi connectivity index (χ1n) is 6.54. The minimum Gasteiger partial charge on any atom is -0.370 e. The van der Waals surface area contributed by atoms with E-state index in [-0.39, 0.29) is 0 Å². The van der Waals surface area contributed by atoms with Crippen LogP contribution in [-0.4, -0.2) is 14.1 Å². The molecule has 0 fully saturated rings. The van der Waals surface area contributed by atoms with E-state index >= 15 is 0 Å². The molecule has 0 radical (unpaired) electrons. The van der Waals surface area contributed by atoms with Crippen molar-refractivity contribution in [2.75, 3.05) is 23.9 Å². The van der Waals surface area contributed by atoms with Gasteiger partial charge in [0.1, 0.15) is 0 Å². The van der Waals surface area contributed by atoms with E-state index in [0.29, 0.717) is 0 Å². The molecule has 20 heavy (non-hydrogen) atoms. The van der Waals surface area contributed by atoms with Crippen LogP contribution in [0.15, 0.2) is 36.4 Å². The quantitative estimate of drug-likeness (QED) is 0.703. The van der Waals surface area contributed by atoms with Crippen LogP contribution in [0.1, 0.15) is 11.1 Å². The second kappa shape index (κ2) is 5.19. The maximum Gasteiger partial charge on any atom is 0.0447 e. The Hall–Kier alpha value is -1.38. The highest BCUT2D eigenvalue weighted by atomic mass is 35.5. The summed E-state index contributed by atoms with van der Waals surface area (Å²) in [5.74, 6) is 0. The lowest BCUT2D eigenvalue weighted by molar-refractivity contribution is 0.837. The van der Waals surface area contributed by atoms with Crippen LogP contribution in [-0.2, 0) is 13.1 Å². The predicted molar refractivity (Wildman–Crippen MR) is 87.1 cm³/mol. The summed E-state index contributed by atoms with van der Waals surface area (Å²) < 4.78 is 0. The van der Waals surface area contributed by atoms with Crippen LogP contribution in [0, 0.1) is 0 Å². The van der Waals surface area contributed by atoms with E-state index in [2.05, 4.69) is 36.0 Å². The van der Waals surface area contributed by atoms with Gasteiger partial charge >= 0.3 is 0 Å². The molecule has 0 saturated heterocycles. The maximum atomic E-state index is 6.13. The average Bonchev–Trinajstić information content (AvgIpc) is 2.37. The van der Waals surface area contributed by atoms with Gasteiger partial charge in [0, 0.05) is 48.6 Å². The Morgan fingerprint density at radius 1 is 0.750 bits per heavy atom. The van der Waals surface area contributed by atoms with E-state index in [4.69, 9.17) is 23.2 Å². The van der Waals surface area contributed by atoms with Crippen LogP contribution in [0.25, 0.3) is 0 Å². The fraction of sp³-hybridized carbons (Fsp3) is 0.250. The number of hydrogen-bond donors (Lipinski definition) is 0. The van der Waals surface area contributed by atoms with Gasteiger partial charge in [-0.05, 0) is 47.5 Å². The number of anilines is 2. The molecule has 0 aromatic heterocycles. The summed E-state index contributed by atoms with van der Waals surface area (Å²) in [5, 5.41) is 1.56. The molecule has 4 heteroatoms. The SMILES string of the molecule is CN1Cc2cc(Cl)ccc2N(C)Cc2cc(Cl)ccc21. The molecule has 0 spiro atoms. The summed E-state index contributed by atoms with van der Waals surface area (Å²) in [7, 11) is 4.20. The molecule has 2 aromatic rings. The minimum absolute atomic E-state index is 0.780. The van der Waals surface area contributed by atoms with Gasteiger partial charge in [0.15, 0.2) is 0 Å². The van der Waals surface area contributed by atoms with Gasteiger partial charge in [0.05, 0.1) is 0 Å². The molecular weight excluding hydrogens is 291 g/mol. The van der Waals surface area contributed by atoms with Gasteiger partial charge < -0.3 is 9.80 Å². The number of benzene rings is 2. The second-order valence-electron chi connectivity index (χ2n) is 5.26. The van der Waals surface area contributed by atoms with E-state index in [1.54, 1.807) is 0 Å². The number of nitrogens with zero attached hydrogens (tertiary/aromatic N) is 2. The van der Waals surface area contributed by atoms with Crippen molar-refractivity contribution in [3.05, 3.63) is 57.6 Å². The van der Waals surface area contributed by atoms with E-state index in [1.807, 2.05) is 24.3 Å². The van der Waals surface area contributed by atoms with Gasteiger partial charge in [-0.15, -0.1) is 0 Å². The molecule has 0 N–H and O–H groups in total. The zero-order valence-electron chi connectivity index (χ0n) is 11.5. The van der Waals surface area contributed by atoms with E-state index in [0.717, 1.165) is 23.1 Å².